The molecule has 0 unspecified atom stereocenters. The molecule has 1 saturated carbocycles. The predicted octanol–water partition coefficient (Wildman–Crippen LogP) is 2.13. The molecule has 0 saturated heterocycles. The van der Waals surface area contributed by atoms with Gasteiger partial charge < -0.3 is 5.11 Å². The number of hydrogen-bond acceptors (Lipinski definition) is 4. The molecule has 1 aliphatic rings. The number of nitrogens with one attached hydrogen (secondary N) is 1. The van der Waals surface area contributed by atoms with Gasteiger partial charge >= 0.3 is 0 Å². The molecule has 1 aliphatic carbocycles. The van der Waals surface area contributed by atoms with Crippen molar-refractivity contribution in [1.82, 2.24) is 4.72 Å². The van der Waals surface area contributed by atoms with Gasteiger partial charge in [0.2, 0.25) is 10.0 Å². The molecule has 1 aromatic rings. The zero-order valence-electron chi connectivity index (χ0n) is 11.6. The highest BCUT2D eigenvalue weighted by molar-refractivity contribution is 8.00. The van der Waals surface area contributed by atoms with E-state index in [1.54, 1.807) is 23.9 Å². The summed E-state index contributed by atoms with van der Waals surface area (Å²) in [6, 6.07) is 6.34. The first-order valence-corrected chi connectivity index (χ1v) is 9.47. The van der Waals surface area contributed by atoms with Crippen molar-refractivity contribution >= 4 is 21.8 Å². The van der Waals surface area contributed by atoms with Gasteiger partial charge in [-0.05, 0) is 36.8 Å². The van der Waals surface area contributed by atoms with E-state index in [0.717, 1.165) is 12.8 Å². The second kappa shape index (κ2) is 6.47. The van der Waals surface area contributed by atoms with Crippen molar-refractivity contribution in [2.24, 2.45) is 0 Å². The van der Waals surface area contributed by atoms with Crippen molar-refractivity contribution in [1.29, 1.82) is 0 Å². The first-order chi connectivity index (χ1) is 9.51. The largest absolute Gasteiger partial charge is 0.392 e. The highest BCUT2D eigenvalue weighted by Gasteiger charge is 2.34. The van der Waals surface area contributed by atoms with Gasteiger partial charge in [-0.1, -0.05) is 25.0 Å². The molecule has 1 aromatic carbocycles. The van der Waals surface area contributed by atoms with Crippen LogP contribution in [0, 0.1) is 0 Å². The van der Waals surface area contributed by atoms with E-state index in [9.17, 15) is 8.42 Å². The fourth-order valence-electron chi connectivity index (χ4n) is 2.56. The van der Waals surface area contributed by atoms with Crippen LogP contribution >= 0.6 is 11.8 Å². The van der Waals surface area contributed by atoms with Crippen LogP contribution in [0.4, 0.5) is 0 Å². The number of benzene rings is 1. The van der Waals surface area contributed by atoms with Crippen molar-refractivity contribution in [3.8, 4) is 0 Å². The molecular formula is C14H21NO3S2. The van der Waals surface area contributed by atoms with Crippen LogP contribution in [-0.2, 0) is 16.6 Å². The van der Waals surface area contributed by atoms with Crippen molar-refractivity contribution < 1.29 is 13.5 Å². The minimum absolute atomic E-state index is 0.0537. The molecule has 0 amide bonds. The zero-order valence-corrected chi connectivity index (χ0v) is 13.3. The van der Waals surface area contributed by atoms with Gasteiger partial charge in [-0.2, -0.15) is 11.8 Å². The average molecular weight is 315 g/mol. The van der Waals surface area contributed by atoms with E-state index in [0.29, 0.717) is 12.1 Å². The van der Waals surface area contributed by atoms with Gasteiger partial charge in [0.05, 0.1) is 11.5 Å². The van der Waals surface area contributed by atoms with E-state index < -0.39 is 10.0 Å². The fraction of sp³-hybridized carbons (Fsp3) is 0.571. The Kier molecular flexibility index (Phi) is 5.12. The number of thioether (sulfide) groups is 1. The molecular weight excluding hydrogens is 294 g/mol. The monoisotopic (exact) mass is 315 g/mol. The molecule has 6 heteroatoms. The van der Waals surface area contributed by atoms with Crippen molar-refractivity contribution in [2.75, 3.05) is 12.8 Å². The van der Waals surface area contributed by atoms with E-state index in [1.165, 1.54) is 25.0 Å². The molecule has 0 spiro atoms. The lowest BCUT2D eigenvalue weighted by Crippen LogP contribution is -2.38. The lowest BCUT2D eigenvalue weighted by molar-refractivity contribution is 0.282. The van der Waals surface area contributed by atoms with Crippen LogP contribution in [0.1, 0.15) is 31.2 Å². The molecule has 0 bridgehead atoms. The van der Waals surface area contributed by atoms with Crippen molar-refractivity contribution in [2.45, 2.75) is 41.9 Å². The third-order valence-electron chi connectivity index (χ3n) is 3.95. The molecule has 0 heterocycles. The average Bonchev–Trinajstić information content (AvgIpc) is 2.95. The third-order valence-corrected chi connectivity index (χ3v) is 6.78. The van der Waals surface area contributed by atoms with Gasteiger partial charge in [-0.15, -0.1) is 0 Å². The molecule has 4 nitrogen and oxygen atoms in total. The molecule has 0 aromatic heterocycles. The summed E-state index contributed by atoms with van der Waals surface area (Å²) < 4.78 is 27.3. The van der Waals surface area contributed by atoms with Crippen LogP contribution in [0.15, 0.2) is 29.2 Å². The molecule has 2 rings (SSSR count). The van der Waals surface area contributed by atoms with Crippen molar-refractivity contribution in [3.05, 3.63) is 29.8 Å². The van der Waals surface area contributed by atoms with E-state index in [2.05, 4.69) is 11.0 Å². The summed E-state index contributed by atoms with van der Waals surface area (Å²) in [5, 5.41) is 8.98. The van der Waals surface area contributed by atoms with Crippen LogP contribution in [0.2, 0.25) is 0 Å². The molecule has 0 aliphatic heterocycles. The smallest absolute Gasteiger partial charge is 0.240 e. The maximum atomic E-state index is 12.3. The summed E-state index contributed by atoms with van der Waals surface area (Å²) in [6.07, 6.45) is 6.54. The first kappa shape index (κ1) is 15.8. The Morgan fingerprint density at radius 2 is 1.85 bits per heavy atom. The lowest BCUT2D eigenvalue weighted by Gasteiger charge is -2.26. The Morgan fingerprint density at radius 3 is 2.35 bits per heavy atom. The number of aliphatic hydroxyl groups excluding tert-OH is 1. The number of aliphatic hydroxyl groups is 1. The van der Waals surface area contributed by atoms with Gasteiger partial charge in [-0.25, -0.2) is 13.1 Å². The lowest BCUT2D eigenvalue weighted by atomic mass is 10.1. The summed E-state index contributed by atoms with van der Waals surface area (Å²) in [5.74, 6) is 0. The summed E-state index contributed by atoms with van der Waals surface area (Å²) in [6.45, 7) is 0.404. The number of sulfonamides is 1. The molecule has 0 atom stereocenters. The maximum absolute atomic E-state index is 12.3. The van der Waals surface area contributed by atoms with E-state index >= 15 is 0 Å². The van der Waals surface area contributed by atoms with Gasteiger partial charge in [-0.3, -0.25) is 0 Å². The summed E-state index contributed by atoms with van der Waals surface area (Å²) >= 11 is 1.76. The second-order valence-electron chi connectivity index (χ2n) is 5.22. The summed E-state index contributed by atoms with van der Waals surface area (Å²) in [4.78, 5) is 0.254. The second-order valence-corrected chi connectivity index (χ2v) is 8.26. The van der Waals surface area contributed by atoms with Gasteiger partial charge in [0.25, 0.3) is 0 Å². The highest BCUT2D eigenvalue weighted by Crippen LogP contribution is 2.39. The Hall–Kier alpha value is -0.560. The standard InChI is InChI=1S/C14H21NO3S2/c1-19-14(8-2-3-9-14)11-15-20(17,18)13-6-4-12(10-16)5-7-13/h4-7,15-16H,2-3,8-11H2,1H3. The first-order valence-electron chi connectivity index (χ1n) is 6.76. The van der Waals surface area contributed by atoms with Crippen LogP contribution in [0.3, 0.4) is 0 Å². The molecule has 112 valence electrons. The molecule has 2 N–H and O–H groups in total. The van der Waals surface area contributed by atoms with Gasteiger partial charge in [0.1, 0.15) is 0 Å². The Morgan fingerprint density at radius 1 is 1.25 bits per heavy atom. The summed E-state index contributed by atoms with van der Waals surface area (Å²) in [5.41, 5.74) is 0.709. The van der Waals surface area contributed by atoms with E-state index in [-0.39, 0.29) is 16.2 Å². The van der Waals surface area contributed by atoms with Crippen LogP contribution in [-0.4, -0.2) is 31.1 Å². The quantitative estimate of drug-likeness (QED) is 0.844. The Labute approximate surface area is 125 Å². The zero-order chi connectivity index (χ0) is 14.6. The summed E-state index contributed by atoms with van der Waals surface area (Å²) in [7, 11) is -3.47. The van der Waals surface area contributed by atoms with Gasteiger partial charge in [0.15, 0.2) is 0 Å². The minimum atomic E-state index is -3.47. The highest BCUT2D eigenvalue weighted by atomic mass is 32.2. The Balaban J connectivity index is 2.06. The fourth-order valence-corrected chi connectivity index (χ4v) is 4.69. The van der Waals surface area contributed by atoms with E-state index in [4.69, 9.17) is 5.11 Å². The molecule has 0 radical (unpaired) electrons. The number of hydrogen-bond donors (Lipinski definition) is 2. The van der Waals surface area contributed by atoms with Crippen LogP contribution in [0.5, 0.6) is 0 Å². The van der Waals surface area contributed by atoms with Gasteiger partial charge in [0, 0.05) is 11.3 Å². The molecule has 1 fully saturated rings. The maximum Gasteiger partial charge on any atom is 0.240 e. The SMILES string of the molecule is CSC1(CNS(=O)(=O)c2ccc(CO)cc2)CCCC1. The Bertz CT molecular complexity index is 534. The topological polar surface area (TPSA) is 66.4 Å². The van der Waals surface area contributed by atoms with Crippen molar-refractivity contribution in [3.63, 3.8) is 0 Å². The number of rotatable bonds is 6. The molecule has 20 heavy (non-hydrogen) atoms. The van der Waals surface area contributed by atoms with Crippen LogP contribution < -0.4 is 4.72 Å². The van der Waals surface area contributed by atoms with Crippen LogP contribution in [0.25, 0.3) is 0 Å². The third kappa shape index (κ3) is 3.55. The minimum Gasteiger partial charge on any atom is -0.392 e. The van der Waals surface area contributed by atoms with E-state index in [1.807, 2.05) is 0 Å². The normalized spacial score (nSPS) is 18.3. The predicted molar refractivity (Wildman–Crippen MR) is 82.3 cm³/mol.